The number of hydrogen-bond acceptors (Lipinski definition) is 4. The highest BCUT2D eigenvalue weighted by Gasteiger charge is 2.28. The molecule has 5 nitrogen and oxygen atoms in total. The zero-order chi connectivity index (χ0) is 12.9. The van der Waals surface area contributed by atoms with Gasteiger partial charge in [0.05, 0.1) is 5.75 Å². The van der Waals surface area contributed by atoms with Gasteiger partial charge in [-0.25, -0.2) is 8.42 Å². The summed E-state index contributed by atoms with van der Waals surface area (Å²) in [7, 11) is -3.24. The Morgan fingerprint density at radius 2 is 2.12 bits per heavy atom. The molecule has 1 amide bonds. The molecule has 6 heteroatoms. The molecule has 0 aromatic carbocycles. The normalized spacial score (nSPS) is 21.5. The van der Waals surface area contributed by atoms with Crippen LogP contribution in [0.3, 0.4) is 0 Å². The number of amides is 1. The van der Waals surface area contributed by atoms with Crippen LogP contribution in [0.1, 0.15) is 32.6 Å². The fraction of sp³-hybridized carbons (Fsp3) is 0.909. The fourth-order valence-corrected chi connectivity index (χ4v) is 3.54. The standard InChI is InChI=1S/C11H22N2O3S/c1-2-7-17(15,16)9-11(14)13-6-4-3-5-10(13)8-12/h10H,2-9,12H2,1H3. The van der Waals surface area contributed by atoms with E-state index in [1.54, 1.807) is 11.8 Å². The Balaban J connectivity index is 2.62. The van der Waals surface area contributed by atoms with Gasteiger partial charge in [0.2, 0.25) is 5.91 Å². The number of nitrogens with zero attached hydrogens (tertiary/aromatic N) is 1. The molecular weight excluding hydrogens is 240 g/mol. The van der Waals surface area contributed by atoms with Crippen LogP contribution in [0.5, 0.6) is 0 Å². The summed E-state index contributed by atoms with van der Waals surface area (Å²) in [6.07, 6.45) is 3.44. The predicted molar refractivity (Wildman–Crippen MR) is 67.4 cm³/mol. The van der Waals surface area contributed by atoms with Crippen molar-refractivity contribution in [1.82, 2.24) is 4.90 Å². The average Bonchev–Trinajstić information content (AvgIpc) is 2.28. The van der Waals surface area contributed by atoms with Crippen molar-refractivity contribution in [2.45, 2.75) is 38.6 Å². The van der Waals surface area contributed by atoms with Gasteiger partial charge in [-0.15, -0.1) is 0 Å². The van der Waals surface area contributed by atoms with E-state index in [9.17, 15) is 13.2 Å². The third-order valence-corrected chi connectivity index (χ3v) is 4.80. The highest BCUT2D eigenvalue weighted by Crippen LogP contribution is 2.16. The number of carbonyl (C=O) groups excluding carboxylic acids is 1. The summed E-state index contributed by atoms with van der Waals surface area (Å²) in [5, 5.41) is 0. The molecule has 17 heavy (non-hydrogen) atoms. The van der Waals surface area contributed by atoms with E-state index in [1.165, 1.54) is 0 Å². The van der Waals surface area contributed by atoms with Crippen molar-refractivity contribution in [2.24, 2.45) is 5.73 Å². The molecule has 1 fully saturated rings. The number of rotatable bonds is 5. The quantitative estimate of drug-likeness (QED) is 0.765. The Kier molecular flexibility index (Phi) is 5.39. The van der Waals surface area contributed by atoms with Crippen molar-refractivity contribution in [3.05, 3.63) is 0 Å². The van der Waals surface area contributed by atoms with Crippen LogP contribution >= 0.6 is 0 Å². The molecule has 0 spiro atoms. The lowest BCUT2D eigenvalue weighted by Crippen LogP contribution is -2.49. The second kappa shape index (κ2) is 6.35. The average molecular weight is 262 g/mol. The number of hydrogen-bond donors (Lipinski definition) is 1. The Morgan fingerprint density at radius 1 is 1.41 bits per heavy atom. The van der Waals surface area contributed by atoms with E-state index in [0.717, 1.165) is 19.3 Å². The summed E-state index contributed by atoms with van der Waals surface area (Å²) in [6.45, 7) is 2.85. The maximum Gasteiger partial charge on any atom is 0.238 e. The van der Waals surface area contributed by atoms with Crippen molar-refractivity contribution in [3.63, 3.8) is 0 Å². The maximum atomic E-state index is 11.9. The minimum absolute atomic E-state index is 0.0214. The molecule has 1 rings (SSSR count). The SMILES string of the molecule is CCCS(=O)(=O)CC(=O)N1CCCCC1CN. The monoisotopic (exact) mass is 262 g/mol. The number of sulfone groups is 1. The van der Waals surface area contributed by atoms with Gasteiger partial charge in [-0.1, -0.05) is 6.92 Å². The van der Waals surface area contributed by atoms with Crippen LogP contribution < -0.4 is 5.73 Å². The smallest absolute Gasteiger partial charge is 0.238 e. The lowest BCUT2D eigenvalue weighted by molar-refractivity contribution is -0.131. The van der Waals surface area contributed by atoms with E-state index in [-0.39, 0.29) is 23.5 Å². The van der Waals surface area contributed by atoms with Gasteiger partial charge < -0.3 is 10.6 Å². The molecule has 0 saturated carbocycles. The molecule has 1 aliphatic heterocycles. The second-order valence-corrected chi connectivity index (χ2v) is 6.75. The van der Waals surface area contributed by atoms with Gasteiger partial charge in [0.1, 0.15) is 5.75 Å². The van der Waals surface area contributed by atoms with Crippen LogP contribution in [0.25, 0.3) is 0 Å². The second-order valence-electron chi connectivity index (χ2n) is 4.56. The summed E-state index contributed by atoms with van der Waals surface area (Å²) < 4.78 is 23.2. The predicted octanol–water partition coefficient (Wildman–Crippen LogP) is 0.151. The summed E-state index contributed by atoms with van der Waals surface area (Å²) in [6, 6.07) is 0.0214. The first kappa shape index (κ1) is 14.4. The van der Waals surface area contributed by atoms with Gasteiger partial charge >= 0.3 is 0 Å². The Bertz CT molecular complexity index is 354. The number of piperidine rings is 1. The van der Waals surface area contributed by atoms with Gasteiger partial charge in [0.25, 0.3) is 0 Å². The van der Waals surface area contributed by atoms with Gasteiger partial charge in [-0.05, 0) is 25.7 Å². The Hall–Kier alpha value is -0.620. The first-order valence-electron chi connectivity index (χ1n) is 6.20. The van der Waals surface area contributed by atoms with E-state index in [4.69, 9.17) is 5.73 Å². The zero-order valence-electron chi connectivity index (χ0n) is 10.4. The summed E-state index contributed by atoms with van der Waals surface area (Å²) >= 11 is 0. The van der Waals surface area contributed by atoms with E-state index in [1.807, 2.05) is 0 Å². The molecule has 0 bridgehead atoms. The molecule has 1 saturated heterocycles. The molecule has 0 aromatic heterocycles. The topological polar surface area (TPSA) is 80.5 Å². The Morgan fingerprint density at radius 3 is 2.71 bits per heavy atom. The van der Waals surface area contributed by atoms with E-state index in [0.29, 0.717) is 19.5 Å². The van der Waals surface area contributed by atoms with Crippen molar-refractivity contribution in [2.75, 3.05) is 24.6 Å². The minimum atomic E-state index is -3.24. The van der Waals surface area contributed by atoms with Crippen LogP contribution in [0.15, 0.2) is 0 Å². The Labute approximate surface area is 103 Å². The fourth-order valence-electron chi connectivity index (χ4n) is 2.23. The molecule has 0 aromatic rings. The maximum absolute atomic E-state index is 11.9. The van der Waals surface area contributed by atoms with Gasteiger partial charge in [0.15, 0.2) is 9.84 Å². The van der Waals surface area contributed by atoms with Crippen LogP contribution in [-0.2, 0) is 14.6 Å². The van der Waals surface area contributed by atoms with E-state index >= 15 is 0 Å². The molecule has 0 aliphatic carbocycles. The van der Waals surface area contributed by atoms with Crippen molar-refractivity contribution in [3.8, 4) is 0 Å². The summed E-state index contributed by atoms with van der Waals surface area (Å²) in [5.74, 6) is -0.564. The van der Waals surface area contributed by atoms with Gasteiger partial charge in [-0.2, -0.15) is 0 Å². The number of nitrogens with two attached hydrogens (primary N) is 1. The van der Waals surface area contributed by atoms with E-state index in [2.05, 4.69) is 0 Å². The van der Waals surface area contributed by atoms with Gasteiger partial charge in [-0.3, -0.25) is 4.79 Å². The van der Waals surface area contributed by atoms with Crippen LogP contribution in [0.4, 0.5) is 0 Å². The highest BCUT2D eigenvalue weighted by molar-refractivity contribution is 7.92. The third kappa shape index (κ3) is 4.27. The van der Waals surface area contributed by atoms with E-state index < -0.39 is 9.84 Å². The molecule has 1 unspecified atom stereocenters. The van der Waals surface area contributed by atoms with Crippen molar-refractivity contribution >= 4 is 15.7 Å². The highest BCUT2D eigenvalue weighted by atomic mass is 32.2. The van der Waals surface area contributed by atoms with Gasteiger partial charge in [0, 0.05) is 19.1 Å². The lowest BCUT2D eigenvalue weighted by atomic mass is 10.0. The molecule has 1 aliphatic rings. The third-order valence-electron chi connectivity index (χ3n) is 3.08. The number of carbonyl (C=O) groups is 1. The van der Waals surface area contributed by atoms with Crippen molar-refractivity contribution in [1.29, 1.82) is 0 Å². The zero-order valence-corrected chi connectivity index (χ0v) is 11.2. The molecular formula is C11H22N2O3S. The molecule has 2 N–H and O–H groups in total. The molecule has 1 atom stereocenters. The minimum Gasteiger partial charge on any atom is -0.338 e. The van der Waals surface area contributed by atoms with Crippen LogP contribution in [0.2, 0.25) is 0 Å². The molecule has 0 radical (unpaired) electrons. The summed E-state index contributed by atoms with van der Waals surface area (Å²) in [4.78, 5) is 13.6. The first-order chi connectivity index (χ1) is 8.00. The molecule has 100 valence electrons. The lowest BCUT2D eigenvalue weighted by Gasteiger charge is -2.35. The van der Waals surface area contributed by atoms with Crippen LogP contribution in [-0.4, -0.2) is 49.9 Å². The first-order valence-corrected chi connectivity index (χ1v) is 8.02. The summed E-state index contributed by atoms with van der Waals surface area (Å²) in [5.41, 5.74) is 5.61. The largest absolute Gasteiger partial charge is 0.338 e. The van der Waals surface area contributed by atoms with Crippen molar-refractivity contribution < 1.29 is 13.2 Å². The molecule has 1 heterocycles. The van der Waals surface area contributed by atoms with Crippen LogP contribution in [0, 0.1) is 0 Å². The number of likely N-dealkylation sites (tertiary alicyclic amines) is 1.